The molecule has 6 rings (SSSR count). The molecule has 0 spiro atoms. The van der Waals surface area contributed by atoms with Crippen LogP contribution in [0.1, 0.15) is 46.7 Å². The number of aryl methyl sites for hydroxylation is 1. The van der Waals surface area contributed by atoms with E-state index in [-0.39, 0.29) is 17.7 Å². The average Bonchev–Trinajstić information content (AvgIpc) is 3.29. The first kappa shape index (κ1) is 24.7. The van der Waals surface area contributed by atoms with E-state index in [1.54, 1.807) is 0 Å². The molecule has 0 bridgehead atoms. The summed E-state index contributed by atoms with van der Waals surface area (Å²) in [7, 11) is 2.08. The summed E-state index contributed by atoms with van der Waals surface area (Å²) in [6.07, 6.45) is 4.75. The number of hydrogen-bond acceptors (Lipinski definition) is 4. The van der Waals surface area contributed by atoms with Gasteiger partial charge in [-0.2, -0.15) is 4.73 Å². The van der Waals surface area contributed by atoms with E-state index in [0.29, 0.717) is 28.9 Å². The van der Waals surface area contributed by atoms with Crippen LogP contribution in [0.25, 0.3) is 11.1 Å². The van der Waals surface area contributed by atoms with E-state index in [9.17, 15) is 14.8 Å². The quantitative estimate of drug-likeness (QED) is 0.389. The maximum Gasteiger partial charge on any atom is 0.268 e. The largest absolute Gasteiger partial charge is 0.618 e. The molecule has 1 aliphatic heterocycles. The maximum atomic E-state index is 13.6. The Balaban J connectivity index is 1.20. The first-order chi connectivity index (χ1) is 18.3. The Kier molecular flexibility index (Phi) is 6.22. The van der Waals surface area contributed by atoms with Crippen LogP contribution in [-0.4, -0.2) is 40.9 Å². The lowest BCUT2D eigenvalue weighted by atomic mass is 9.93. The number of benzene rings is 1. The Labute approximate surface area is 223 Å². The summed E-state index contributed by atoms with van der Waals surface area (Å²) in [6, 6.07) is 12.7. The van der Waals surface area contributed by atoms with E-state index in [4.69, 9.17) is 0 Å². The zero-order valence-electron chi connectivity index (χ0n) is 22.2. The fourth-order valence-corrected chi connectivity index (χ4v) is 6.53. The van der Waals surface area contributed by atoms with Crippen LogP contribution in [0.4, 0.5) is 5.69 Å². The van der Waals surface area contributed by atoms with E-state index in [1.165, 1.54) is 12.6 Å². The molecule has 1 unspecified atom stereocenters. The minimum absolute atomic E-state index is 0.144. The topological polar surface area (TPSA) is 93.3 Å². The fraction of sp³-hybridized carbons (Fsp3) is 0.433. The van der Waals surface area contributed by atoms with Crippen LogP contribution >= 0.6 is 0 Å². The Bertz CT molecular complexity index is 1390. The third-order valence-corrected chi connectivity index (χ3v) is 8.75. The zero-order valence-corrected chi connectivity index (χ0v) is 22.2. The first-order valence-electron chi connectivity index (χ1n) is 13.6. The Morgan fingerprint density at radius 2 is 1.74 bits per heavy atom. The highest BCUT2D eigenvalue weighted by atomic mass is 16.5. The van der Waals surface area contributed by atoms with Gasteiger partial charge in [-0.15, -0.1) is 0 Å². The summed E-state index contributed by atoms with van der Waals surface area (Å²) in [5.74, 6) is 1.18. The molecule has 8 nitrogen and oxygen atoms in total. The normalized spacial score (nSPS) is 22.9. The van der Waals surface area contributed by atoms with Crippen molar-refractivity contribution < 1.29 is 14.3 Å². The van der Waals surface area contributed by atoms with Crippen molar-refractivity contribution in [3.63, 3.8) is 0 Å². The number of likely N-dealkylation sites (N-methyl/N-ethyl adjacent to an activating group) is 1. The summed E-state index contributed by atoms with van der Waals surface area (Å²) in [5.41, 5.74) is 5.91. The van der Waals surface area contributed by atoms with Gasteiger partial charge >= 0.3 is 0 Å². The molecule has 2 amide bonds. The molecular weight excluding hydrogens is 478 g/mol. The molecule has 3 aliphatic rings. The average molecular weight is 514 g/mol. The van der Waals surface area contributed by atoms with Crippen LogP contribution in [0.15, 0.2) is 48.7 Å². The molecule has 1 aromatic carbocycles. The van der Waals surface area contributed by atoms with Gasteiger partial charge in [-0.3, -0.25) is 14.5 Å². The molecule has 8 heteroatoms. The van der Waals surface area contributed by atoms with Gasteiger partial charge in [0.2, 0.25) is 5.91 Å². The van der Waals surface area contributed by atoms with Gasteiger partial charge in [0.15, 0.2) is 11.9 Å². The number of hydrogen-bond donors (Lipinski definition) is 2. The van der Waals surface area contributed by atoms with Gasteiger partial charge in [-0.05, 0) is 86.4 Å². The van der Waals surface area contributed by atoms with Crippen LogP contribution in [0.2, 0.25) is 0 Å². The molecule has 0 radical (unpaired) electrons. The monoisotopic (exact) mass is 513 g/mol. The SMILES string of the molecule is Cc1cc[n+]([O-])c(C)c1-c1ccc(NC(=O)[C@@H](NC(=O)c2ccc3n2CCN(C)C3)C2C[C@@H]3C[C@@H]3C2)cc1. The van der Waals surface area contributed by atoms with Crippen molar-refractivity contribution in [2.45, 2.75) is 52.2 Å². The third kappa shape index (κ3) is 4.58. The first-order valence-corrected chi connectivity index (χ1v) is 13.6. The molecule has 2 N–H and O–H groups in total. The summed E-state index contributed by atoms with van der Waals surface area (Å²) in [5, 5.41) is 18.3. The van der Waals surface area contributed by atoms with Crippen molar-refractivity contribution in [3.8, 4) is 11.1 Å². The van der Waals surface area contributed by atoms with E-state index in [1.807, 2.05) is 56.3 Å². The molecule has 4 atom stereocenters. The number of fused-ring (bicyclic) bond motifs is 2. The predicted octanol–water partition coefficient (Wildman–Crippen LogP) is 3.63. The number of nitrogens with one attached hydrogen (secondary N) is 2. The molecule has 3 aromatic rings. The van der Waals surface area contributed by atoms with E-state index in [0.717, 1.165) is 59.6 Å². The molecular formula is C30H35N5O3. The number of amides is 2. The molecule has 3 heterocycles. The summed E-state index contributed by atoms with van der Waals surface area (Å²) >= 11 is 0. The van der Waals surface area contributed by atoms with Crippen molar-refractivity contribution in [3.05, 3.63) is 76.5 Å². The molecule has 0 saturated heterocycles. The second-order valence-corrected chi connectivity index (χ2v) is 11.4. The minimum Gasteiger partial charge on any atom is -0.618 e. The van der Waals surface area contributed by atoms with Crippen molar-refractivity contribution in [2.75, 3.05) is 18.9 Å². The van der Waals surface area contributed by atoms with E-state index < -0.39 is 6.04 Å². The molecule has 2 aromatic heterocycles. The molecule has 2 aliphatic carbocycles. The number of aromatic nitrogens is 2. The number of carbonyl (C=O) groups excluding carboxylic acids is 2. The number of carbonyl (C=O) groups is 2. The Morgan fingerprint density at radius 3 is 2.47 bits per heavy atom. The predicted molar refractivity (Wildman–Crippen MR) is 145 cm³/mol. The van der Waals surface area contributed by atoms with Gasteiger partial charge in [0.1, 0.15) is 11.7 Å². The number of anilines is 1. The summed E-state index contributed by atoms with van der Waals surface area (Å²) in [6.45, 7) is 6.27. The van der Waals surface area contributed by atoms with Gasteiger partial charge in [0.25, 0.3) is 5.91 Å². The lowest BCUT2D eigenvalue weighted by Crippen LogP contribution is -2.49. The fourth-order valence-electron chi connectivity index (χ4n) is 6.53. The smallest absolute Gasteiger partial charge is 0.268 e. The lowest BCUT2D eigenvalue weighted by Gasteiger charge is -2.28. The van der Waals surface area contributed by atoms with Crippen molar-refractivity contribution in [1.82, 2.24) is 14.8 Å². The molecule has 2 saturated carbocycles. The number of rotatable bonds is 6. The summed E-state index contributed by atoms with van der Waals surface area (Å²) in [4.78, 5) is 29.2. The zero-order chi connectivity index (χ0) is 26.6. The van der Waals surface area contributed by atoms with Gasteiger partial charge < -0.3 is 20.4 Å². The molecule has 2 fully saturated rings. The van der Waals surface area contributed by atoms with Crippen LogP contribution in [0.3, 0.4) is 0 Å². The lowest BCUT2D eigenvalue weighted by molar-refractivity contribution is -0.611. The highest BCUT2D eigenvalue weighted by Crippen LogP contribution is 2.55. The maximum absolute atomic E-state index is 13.6. The summed E-state index contributed by atoms with van der Waals surface area (Å²) < 4.78 is 2.95. The molecule has 198 valence electrons. The molecule has 38 heavy (non-hydrogen) atoms. The van der Waals surface area contributed by atoms with Crippen LogP contribution < -0.4 is 15.4 Å². The van der Waals surface area contributed by atoms with Crippen LogP contribution in [0.5, 0.6) is 0 Å². The number of nitrogens with zero attached hydrogens (tertiary/aromatic N) is 3. The van der Waals surface area contributed by atoms with Crippen molar-refractivity contribution in [1.29, 1.82) is 0 Å². The Hall–Kier alpha value is -3.65. The van der Waals surface area contributed by atoms with Crippen molar-refractivity contribution in [2.24, 2.45) is 17.8 Å². The highest BCUT2D eigenvalue weighted by Gasteiger charge is 2.49. The van der Waals surface area contributed by atoms with Crippen molar-refractivity contribution >= 4 is 17.5 Å². The van der Waals surface area contributed by atoms with E-state index >= 15 is 0 Å². The second-order valence-electron chi connectivity index (χ2n) is 11.4. The Morgan fingerprint density at radius 1 is 1.00 bits per heavy atom. The van der Waals surface area contributed by atoms with Gasteiger partial charge in [-0.1, -0.05) is 12.1 Å². The van der Waals surface area contributed by atoms with Gasteiger partial charge in [0, 0.05) is 44.0 Å². The highest BCUT2D eigenvalue weighted by molar-refractivity contribution is 6.01. The third-order valence-electron chi connectivity index (χ3n) is 8.75. The van der Waals surface area contributed by atoms with E-state index in [2.05, 4.69) is 27.1 Å². The minimum atomic E-state index is -0.578. The standard InChI is InChI=1S/C30H35N5O3/c1-18-10-11-35(38)19(2)27(18)20-4-6-24(7-5-20)31-30(37)28(23-15-21-14-22(21)16-23)32-29(36)26-9-8-25-17-33(3)12-13-34(25)26/h4-11,21-23,28H,12-17H2,1-3H3,(H,31,37)(H,32,36)/t21-,22+,23?,28-/m0/s1. The van der Waals surface area contributed by atoms with Crippen LogP contribution in [-0.2, 0) is 17.9 Å². The van der Waals surface area contributed by atoms with Gasteiger partial charge in [0.05, 0.1) is 5.56 Å². The van der Waals surface area contributed by atoms with Gasteiger partial charge in [-0.25, -0.2) is 0 Å². The second kappa shape index (κ2) is 9.58. The van der Waals surface area contributed by atoms with Crippen LogP contribution in [0, 0.1) is 36.8 Å². The number of pyridine rings is 1.